The fourth-order valence-electron chi connectivity index (χ4n) is 3.03. The van der Waals surface area contributed by atoms with E-state index in [1.165, 1.54) is 4.57 Å². The maximum absolute atomic E-state index is 14.6. The van der Waals surface area contributed by atoms with Crippen LogP contribution in [-0.4, -0.2) is 24.7 Å². The second-order valence-electron chi connectivity index (χ2n) is 6.58. The summed E-state index contributed by atoms with van der Waals surface area (Å²) in [6.45, 7) is 1.68. The van der Waals surface area contributed by atoms with E-state index in [1.807, 2.05) is 5.48 Å². The van der Waals surface area contributed by atoms with Crippen molar-refractivity contribution in [2.45, 2.75) is 13.1 Å². The van der Waals surface area contributed by atoms with Crippen LogP contribution < -0.4 is 16.5 Å². The minimum absolute atomic E-state index is 0.0107. The number of hydrogen-bond acceptors (Lipinski definition) is 7. The fourth-order valence-corrected chi connectivity index (χ4v) is 3.03. The Bertz CT molecular complexity index is 1270. The molecule has 0 aliphatic carbocycles. The molecule has 0 saturated heterocycles. The van der Waals surface area contributed by atoms with Crippen LogP contribution in [0.2, 0.25) is 0 Å². The van der Waals surface area contributed by atoms with Gasteiger partial charge in [0.2, 0.25) is 11.8 Å². The highest BCUT2D eigenvalue weighted by Gasteiger charge is 2.30. The SMILES string of the molecule is Cc1nc2ccc(NO)cc2n1-c1nc(N)c(F)c(Nc2ccc(C(F)(F)F)cc2)n1. The lowest BCUT2D eigenvalue weighted by molar-refractivity contribution is -0.137. The Hall–Kier alpha value is -3.93. The third-order valence-corrected chi connectivity index (χ3v) is 4.49. The van der Waals surface area contributed by atoms with Crippen molar-refractivity contribution in [1.82, 2.24) is 19.5 Å². The Morgan fingerprint density at radius 2 is 1.68 bits per heavy atom. The number of alkyl halides is 3. The monoisotopic (exact) mass is 433 g/mol. The summed E-state index contributed by atoms with van der Waals surface area (Å²) in [7, 11) is 0. The smallest absolute Gasteiger partial charge is 0.381 e. The second kappa shape index (κ2) is 7.40. The zero-order valence-corrected chi connectivity index (χ0v) is 15.9. The molecule has 2 aromatic heterocycles. The molecule has 5 N–H and O–H groups in total. The van der Waals surface area contributed by atoms with Crippen LogP contribution in [0.1, 0.15) is 11.4 Å². The number of nitrogens with one attached hydrogen (secondary N) is 2. The average molecular weight is 433 g/mol. The van der Waals surface area contributed by atoms with Crippen LogP contribution in [0.25, 0.3) is 17.0 Å². The van der Waals surface area contributed by atoms with Crippen LogP contribution in [0.4, 0.5) is 40.6 Å². The molecule has 0 fully saturated rings. The van der Waals surface area contributed by atoms with Gasteiger partial charge in [0.1, 0.15) is 5.82 Å². The first-order chi connectivity index (χ1) is 14.7. The Morgan fingerprint density at radius 3 is 2.32 bits per heavy atom. The molecule has 2 aromatic carbocycles. The zero-order chi connectivity index (χ0) is 22.3. The number of nitrogen functional groups attached to an aromatic ring is 1. The lowest BCUT2D eigenvalue weighted by Gasteiger charge is -2.13. The average Bonchev–Trinajstić information content (AvgIpc) is 3.05. The Balaban J connectivity index is 1.77. The van der Waals surface area contributed by atoms with Gasteiger partial charge in [0.05, 0.1) is 22.3 Å². The van der Waals surface area contributed by atoms with Gasteiger partial charge in [-0.05, 0) is 49.4 Å². The van der Waals surface area contributed by atoms with Crippen molar-refractivity contribution in [3.8, 4) is 5.95 Å². The number of rotatable bonds is 4. The van der Waals surface area contributed by atoms with Gasteiger partial charge in [0, 0.05) is 5.69 Å². The van der Waals surface area contributed by atoms with Gasteiger partial charge in [0.15, 0.2) is 11.6 Å². The molecule has 12 heteroatoms. The molecule has 0 bridgehead atoms. The van der Waals surface area contributed by atoms with Crippen LogP contribution in [0.3, 0.4) is 0 Å². The first-order valence-corrected chi connectivity index (χ1v) is 8.84. The molecule has 0 aliphatic rings. The lowest BCUT2D eigenvalue weighted by Crippen LogP contribution is -2.11. The van der Waals surface area contributed by atoms with Crippen molar-refractivity contribution in [2.24, 2.45) is 0 Å². The fraction of sp³-hybridized carbons (Fsp3) is 0.105. The van der Waals surface area contributed by atoms with Crippen LogP contribution >= 0.6 is 0 Å². The molecule has 4 rings (SSSR count). The van der Waals surface area contributed by atoms with Crippen LogP contribution in [0.15, 0.2) is 42.5 Å². The van der Waals surface area contributed by atoms with E-state index in [0.717, 1.165) is 24.3 Å². The Labute approximate surface area is 172 Å². The third kappa shape index (κ3) is 3.80. The number of imidazole rings is 1. The molecule has 2 heterocycles. The quantitative estimate of drug-likeness (QED) is 0.278. The zero-order valence-electron chi connectivity index (χ0n) is 15.9. The number of halogens is 4. The summed E-state index contributed by atoms with van der Waals surface area (Å²) in [6, 6.07) is 8.88. The summed E-state index contributed by atoms with van der Waals surface area (Å²) in [5.74, 6) is -1.28. The van der Waals surface area contributed by atoms with Crippen molar-refractivity contribution in [2.75, 3.05) is 16.5 Å². The summed E-state index contributed by atoms with van der Waals surface area (Å²) < 4.78 is 54.3. The molecule has 0 radical (unpaired) electrons. The highest BCUT2D eigenvalue weighted by atomic mass is 19.4. The number of benzene rings is 2. The number of aromatic nitrogens is 4. The van der Waals surface area contributed by atoms with Crippen LogP contribution in [0.5, 0.6) is 0 Å². The van der Waals surface area contributed by atoms with E-state index in [0.29, 0.717) is 22.5 Å². The van der Waals surface area contributed by atoms with Crippen molar-refractivity contribution in [3.63, 3.8) is 0 Å². The van der Waals surface area contributed by atoms with E-state index in [9.17, 15) is 17.6 Å². The Kier molecular flexibility index (Phi) is 4.85. The van der Waals surface area contributed by atoms with E-state index in [-0.39, 0.29) is 17.5 Å². The summed E-state index contributed by atoms with van der Waals surface area (Å²) in [5.41, 5.74) is 8.55. The van der Waals surface area contributed by atoms with Crippen LogP contribution in [0, 0.1) is 12.7 Å². The van der Waals surface area contributed by atoms with Crippen molar-refractivity contribution in [3.05, 3.63) is 59.7 Å². The summed E-state index contributed by atoms with van der Waals surface area (Å²) in [6.07, 6.45) is -4.49. The van der Waals surface area contributed by atoms with Crippen molar-refractivity contribution in [1.29, 1.82) is 0 Å². The van der Waals surface area contributed by atoms with Gasteiger partial charge in [-0.25, -0.2) is 4.98 Å². The van der Waals surface area contributed by atoms with Gasteiger partial charge >= 0.3 is 6.18 Å². The molecule has 0 aliphatic heterocycles. The third-order valence-electron chi connectivity index (χ3n) is 4.49. The Morgan fingerprint density at radius 1 is 1.00 bits per heavy atom. The molecular weight excluding hydrogens is 418 g/mol. The molecule has 8 nitrogen and oxygen atoms in total. The van der Waals surface area contributed by atoms with E-state index in [1.54, 1.807) is 25.1 Å². The first-order valence-electron chi connectivity index (χ1n) is 8.84. The predicted octanol–water partition coefficient (Wildman–Crippen LogP) is 4.41. The first kappa shape index (κ1) is 20.3. The number of nitrogens with zero attached hydrogens (tertiary/aromatic N) is 4. The van der Waals surface area contributed by atoms with Gasteiger partial charge in [-0.1, -0.05) is 0 Å². The highest BCUT2D eigenvalue weighted by molar-refractivity contribution is 5.81. The van der Waals surface area contributed by atoms with Gasteiger partial charge in [-0.2, -0.15) is 27.5 Å². The van der Waals surface area contributed by atoms with Gasteiger partial charge in [-0.3, -0.25) is 15.3 Å². The van der Waals surface area contributed by atoms with E-state index in [2.05, 4.69) is 20.3 Å². The lowest BCUT2D eigenvalue weighted by atomic mass is 10.2. The van der Waals surface area contributed by atoms with Crippen LogP contribution in [-0.2, 0) is 6.18 Å². The molecular formula is C19H15F4N7O. The number of hydrogen-bond donors (Lipinski definition) is 4. The molecule has 0 unspecified atom stereocenters. The molecule has 0 amide bonds. The standard InChI is InChI=1S/C19H15F4N7O/c1-9-25-13-7-6-12(29-31)8-14(13)30(9)18-27-16(24)15(20)17(28-18)26-11-4-2-10(3-5-11)19(21,22)23/h2-8,29,31H,1H3,(H3,24,26,27,28). The molecule has 4 aromatic rings. The normalized spacial score (nSPS) is 11.7. The van der Waals surface area contributed by atoms with E-state index < -0.39 is 23.4 Å². The minimum atomic E-state index is -4.49. The maximum Gasteiger partial charge on any atom is 0.416 e. The molecule has 0 saturated carbocycles. The summed E-state index contributed by atoms with van der Waals surface area (Å²) in [4.78, 5) is 12.5. The molecule has 0 spiro atoms. The van der Waals surface area contributed by atoms with Gasteiger partial charge < -0.3 is 11.1 Å². The van der Waals surface area contributed by atoms with Crippen molar-refractivity contribution >= 4 is 34.0 Å². The summed E-state index contributed by atoms with van der Waals surface area (Å²) in [5, 5.41) is 11.8. The topological polar surface area (TPSA) is 114 Å². The molecule has 31 heavy (non-hydrogen) atoms. The van der Waals surface area contributed by atoms with E-state index in [4.69, 9.17) is 10.9 Å². The largest absolute Gasteiger partial charge is 0.416 e. The van der Waals surface area contributed by atoms with Gasteiger partial charge in [0.25, 0.3) is 0 Å². The van der Waals surface area contributed by atoms with E-state index >= 15 is 0 Å². The predicted molar refractivity (Wildman–Crippen MR) is 106 cm³/mol. The summed E-state index contributed by atoms with van der Waals surface area (Å²) >= 11 is 0. The van der Waals surface area contributed by atoms with Gasteiger partial charge in [-0.15, -0.1) is 0 Å². The maximum atomic E-state index is 14.6. The number of anilines is 4. The van der Waals surface area contributed by atoms with Crippen molar-refractivity contribution < 1.29 is 22.8 Å². The minimum Gasteiger partial charge on any atom is -0.381 e. The molecule has 160 valence electrons. The highest BCUT2D eigenvalue weighted by Crippen LogP contribution is 2.31. The number of fused-ring (bicyclic) bond motifs is 1. The molecule has 0 atom stereocenters. The number of nitrogens with two attached hydrogens (primary N) is 1. The number of aryl methyl sites for hydroxylation is 1. The second-order valence-corrected chi connectivity index (χ2v) is 6.58.